The van der Waals surface area contributed by atoms with Crippen LogP contribution in [0.2, 0.25) is 0 Å². The predicted molar refractivity (Wildman–Crippen MR) is 102 cm³/mol. The maximum Gasteiger partial charge on any atom is 0.342 e. The molecular formula is C19H16N5O4+. The lowest BCUT2D eigenvalue weighted by atomic mass is 10.2. The summed E-state index contributed by atoms with van der Waals surface area (Å²) in [6, 6.07) is 15.1. The lowest BCUT2D eigenvalue weighted by molar-refractivity contribution is -0.508. The number of fused-ring (bicyclic) bond motifs is 1. The van der Waals surface area contributed by atoms with E-state index >= 15 is 0 Å². The number of H-pyrrole nitrogens is 1. The van der Waals surface area contributed by atoms with Crippen molar-refractivity contribution in [2.45, 2.75) is 0 Å². The van der Waals surface area contributed by atoms with Crippen LogP contribution in [0.5, 0.6) is 0 Å². The third-order valence-electron chi connectivity index (χ3n) is 4.27. The summed E-state index contributed by atoms with van der Waals surface area (Å²) in [6.07, 6.45) is 1.35. The van der Waals surface area contributed by atoms with Gasteiger partial charge in [-0.1, -0.05) is 24.3 Å². The molecule has 9 heteroatoms. The third kappa shape index (κ3) is 2.83. The number of imidazole rings is 1. The number of aromatic amines is 1. The highest BCUT2D eigenvalue weighted by molar-refractivity contribution is 5.72. The largest absolute Gasteiger partial charge is 0.342 e. The fourth-order valence-electron chi connectivity index (χ4n) is 3.02. The first kappa shape index (κ1) is 17.6. The minimum atomic E-state index is -0.586. The molecule has 1 N–H and O–H groups in total. The number of aromatic nitrogens is 4. The highest BCUT2D eigenvalue weighted by Gasteiger charge is 2.20. The first-order valence-corrected chi connectivity index (χ1v) is 8.42. The van der Waals surface area contributed by atoms with Crippen LogP contribution < -0.4 is 11.2 Å². The van der Waals surface area contributed by atoms with Crippen LogP contribution in [0.1, 0.15) is 0 Å². The third-order valence-corrected chi connectivity index (χ3v) is 4.27. The van der Waals surface area contributed by atoms with Gasteiger partial charge in [-0.25, -0.2) is 18.9 Å². The van der Waals surface area contributed by atoms with Gasteiger partial charge in [0.1, 0.15) is 0 Å². The molecule has 2 aromatic heterocycles. The second-order valence-electron chi connectivity index (χ2n) is 6.01. The van der Waals surface area contributed by atoms with E-state index in [4.69, 9.17) is 4.74 Å². The van der Waals surface area contributed by atoms with Crippen LogP contribution >= 0.6 is 0 Å². The van der Waals surface area contributed by atoms with E-state index in [1.807, 2.05) is 0 Å². The minimum Gasteiger partial charge on any atom is -0.339 e. The van der Waals surface area contributed by atoms with E-state index in [2.05, 4.69) is 9.97 Å². The number of para-hydroxylation sites is 1. The standard InChI is InChI=1S/C19H15N5O4/c1-28-12-22(27)14-8-5-9-15(10-14)23-17-16(20-11-21-17)18(25)24(19(23)26)13-6-3-2-4-7-13/h2-11H,12H2,1H3/p+1. The van der Waals surface area contributed by atoms with Crippen LogP contribution in [0.3, 0.4) is 0 Å². The van der Waals surface area contributed by atoms with Gasteiger partial charge in [0.15, 0.2) is 11.2 Å². The molecule has 0 saturated heterocycles. The summed E-state index contributed by atoms with van der Waals surface area (Å²) in [6.45, 7) is -0.153. The smallest absolute Gasteiger partial charge is 0.339 e. The van der Waals surface area contributed by atoms with Gasteiger partial charge in [0.05, 0.1) is 22.5 Å². The molecule has 0 aliphatic rings. The fraction of sp³-hybridized carbons (Fsp3) is 0.105. The fourth-order valence-corrected chi connectivity index (χ4v) is 3.02. The maximum absolute atomic E-state index is 13.3. The lowest BCUT2D eigenvalue weighted by Gasteiger charge is -2.11. The molecule has 0 amide bonds. The van der Waals surface area contributed by atoms with Crippen molar-refractivity contribution < 1.29 is 9.50 Å². The van der Waals surface area contributed by atoms with Gasteiger partial charge in [0.25, 0.3) is 11.2 Å². The zero-order valence-corrected chi connectivity index (χ0v) is 14.9. The summed E-state index contributed by atoms with van der Waals surface area (Å²) in [5, 5.41) is 0. The Morgan fingerprint density at radius 3 is 2.54 bits per heavy atom. The maximum atomic E-state index is 13.3. The Labute approximate surface area is 158 Å². The van der Waals surface area contributed by atoms with Crippen LogP contribution in [0.25, 0.3) is 22.5 Å². The summed E-state index contributed by atoms with van der Waals surface area (Å²) >= 11 is 0. The van der Waals surface area contributed by atoms with Crippen LogP contribution in [0.4, 0.5) is 5.69 Å². The number of ether oxygens (including phenoxy) is 1. The van der Waals surface area contributed by atoms with Crippen molar-refractivity contribution in [3.05, 3.63) is 86.7 Å². The summed E-state index contributed by atoms with van der Waals surface area (Å²) in [5.41, 5.74) is 0.434. The van der Waals surface area contributed by atoms with Crippen LogP contribution in [-0.2, 0) is 4.74 Å². The van der Waals surface area contributed by atoms with Gasteiger partial charge in [-0.2, -0.15) is 0 Å². The lowest BCUT2D eigenvalue weighted by Crippen LogP contribution is -2.38. The average Bonchev–Trinajstić information content (AvgIpc) is 3.19. The molecule has 0 spiro atoms. The Kier molecular flexibility index (Phi) is 4.42. The van der Waals surface area contributed by atoms with Gasteiger partial charge >= 0.3 is 12.4 Å². The van der Waals surface area contributed by atoms with Crippen molar-refractivity contribution in [1.29, 1.82) is 0 Å². The van der Waals surface area contributed by atoms with Crippen molar-refractivity contribution in [3.63, 3.8) is 0 Å². The molecule has 4 rings (SSSR count). The van der Waals surface area contributed by atoms with Crippen LogP contribution in [0.15, 0.2) is 70.5 Å². The molecule has 28 heavy (non-hydrogen) atoms. The number of methoxy groups -OCH3 is 1. The van der Waals surface area contributed by atoms with Gasteiger partial charge in [-0.3, -0.25) is 4.79 Å². The van der Waals surface area contributed by atoms with Gasteiger partial charge in [0, 0.05) is 24.1 Å². The normalized spacial score (nSPS) is 11.0. The van der Waals surface area contributed by atoms with E-state index in [9.17, 15) is 14.5 Å². The molecule has 0 fully saturated rings. The van der Waals surface area contributed by atoms with E-state index in [1.54, 1.807) is 54.6 Å². The number of nitroso groups, excluding NO2 is 1. The average molecular weight is 378 g/mol. The van der Waals surface area contributed by atoms with E-state index in [-0.39, 0.29) is 17.9 Å². The molecule has 0 atom stereocenters. The Bertz CT molecular complexity index is 1290. The van der Waals surface area contributed by atoms with Crippen molar-refractivity contribution in [2.75, 3.05) is 13.8 Å². The van der Waals surface area contributed by atoms with Crippen molar-refractivity contribution >= 4 is 16.9 Å². The molecule has 0 bridgehead atoms. The zero-order chi connectivity index (χ0) is 19.7. The van der Waals surface area contributed by atoms with Crippen molar-refractivity contribution in [1.82, 2.24) is 19.1 Å². The summed E-state index contributed by atoms with van der Waals surface area (Å²) in [5.74, 6) is 0. The Morgan fingerprint density at radius 2 is 1.79 bits per heavy atom. The summed E-state index contributed by atoms with van der Waals surface area (Å²) < 4.78 is 7.88. The molecule has 4 aromatic rings. The van der Waals surface area contributed by atoms with E-state index in [0.29, 0.717) is 21.8 Å². The number of nitrogens with one attached hydrogen (secondary N) is 1. The second-order valence-corrected chi connectivity index (χ2v) is 6.01. The molecule has 140 valence electrons. The SMILES string of the molecule is COC[N+](=O)c1cccc(-n2c(=O)n(-c3ccccc3)c(=O)c3[nH]cnc32)c1. The summed E-state index contributed by atoms with van der Waals surface area (Å²) in [7, 11) is 1.42. The van der Waals surface area contributed by atoms with Crippen molar-refractivity contribution in [2.24, 2.45) is 0 Å². The Balaban J connectivity index is 2.02. The molecule has 0 saturated carbocycles. The molecule has 0 unspecified atom stereocenters. The Morgan fingerprint density at radius 1 is 1.04 bits per heavy atom. The molecular weight excluding hydrogens is 362 g/mol. The zero-order valence-electron chi connectivity index (χ0n) is 14.9. The van der Waals surface area contributed by atoms with E-state index in [0.717, 1.165) is 4.57 Å². The van der Waals surface area contributed by atoms with Gasteiger partial charge in [-0.15, -0.1) is 0 Å². The van der Waals surface area contributed by atoms with Crippen LogP contribution in [-0.4, -0.2) is 37.7 Å². The van der Waals surface area contributed by atoms with Crippen LogP contribution in [0, 0.1) is 4.91 Å². The number of benzene rings is 2. The molecule has 0 aliphatic carbocycles. The van der Waals surface area contributed by atoms with Gasteiger partial charge in [0.2, 0.25) is 0 Å². The quantitative estimate of drug-likeness (QED) is 0.422. The van der Waals surface area contributed by atoms with Gasteiger partial charge < -0.3 is 9.72 Å². The minimum absolute atomic E-state index is 0.153. The van der Waals surface area contributed by atoms with E-state index in [1.165, 1.54) is 18.0 Å². The first-order chi connectivity index (χ1) is 13.6. The molecule has 2 heterocycles. The number of hydrogen-bond acceptors (Lipinski definition) is 5. The first-order valence-electron chi connectivity index (χ1n) is 8.42. The number of hydrogen-bond donors (Lipinski definition) is 1. The monoisotopic (exact) mass is 378 g/mol. The second kappa shape index (κ2) is 7.05. The topological polar surface area (TPSA) is 102 Å². The number of rotatable bonds is 5. The Hall–Kier alpha value is -3.85. The molecule has 9 nitrogen and oxygen atoms in total. The van der Waals surface area contributed by atoms with E-state index < -0.39 is 11.2 Å². The highest BCUT2D eigenvalue weighted by atomic mass is 16.5. The molecule has 2 aromatic carbocycles. The molecule has 0 radical (unpaired) electrons. The predicted octanol–water partition coefficient (Wildman–Crippen LogP) is 1.88. The van der Waals surface area contributed by atoms with Gasteiger partial charge in [-0.05, 0) is 18.2 Å². The van der Waals surface area contributed by atoms with Crippen molar-refractivity contribution in [3.8, 4) is 11.4 Å². The highest BCUT2D eigenvalue weighted by Crippen LogP contribution is 2.18. The summed E-state index contributed by atoms with van der Waals surface area (Å²) in [4.78, 5) is 45.2. The number of nitrogens with zero attached hydrogens (tertiary/aromatic N) is 4. The molecule has 0 aliphatic heterocycles.